The van der Waals surface area contributed by atoms with Gasteiger partial charge in [-0.2, -0.15) is 0 Å². The number of nitrogens with one attached hydrogen (secondary N) is 2. The number of benzene rings is 1. The SMILES string of the molecule is COCCCNC(=O)c1ccnc(Nc2cc(Cl)ccc2C)n1. The number of rotatable bonds is 7. The molecule has 0 atom stereocenters. The van der Waals surface area contributed by atoms with Gasteiger partial charge in [-0.05, 0) is 37.1 Å². The summed E-state index contributed by atoms with van der Waals surface area (Å²) in [6.45, 7) is 3.09. The van der Waals surface area contributed by atoms with Gasteiger partial charge in [0.05, 0.1) is 0 Å². The van der Waals surface area contributed by atoms with Gasteiger partial charge in [-0.3, -0.25) is 4.79 Å². The molecule has 2 aromatic rings. The van der Waals surface area contributed by atoms with Crippen LogP contribution >= 0.6 is 11.6 Å². The number of halogens is 1. The highest BCUT2D eigenvalue weighted by molar-refractivity contribution is 6.30. The molecule has 6 nitrogen and oxygen atoms in total. The van der Waals surface area contributed by atoms with E-state index in [0.717, 1.165) is 17.7 Å². The lowest BCUT2D eigenvalue weighted by Crippen LogP contribution is -2.26. The van der Waals surface area contributed by atoms with E-state index in [0.29, 0.717) is 29.8 Å². The van der Waals surface area contributed by atoms with Crippen molar-refractivity contribution in [1.29, 1.82) is 0 Å². The van der Waals surface area contributed by atoms with Gasteiger partial charge in [-0.1, -0.05) is 17.7 Å². The molecule has 1 heterocycles. The molecule has 0 saturated carbocycles. The number of methoxy groups -OCH3 is 1. The molecule has 0 saturated heterocycles. The number of carbonyl (C=O) groups is 1. The van der Waals surface area contributed by atoms with Crippen LogP contribution in [0.15, 0.2) is 30.5 Å². The van der Waals surface area contributed by atoms with Gasteiger partial charge in [-0.25, -0.2) is 9.97 Å². The lowest BCUT2D eigenvalue weighted by Gasteiger charge is -2.09. The van der Waals surface area contributed by atoms with Crippen molar-refractivity contribution in [3.05, 3.63) is 46.7 Å². The predicted molar refractivity (Wildman–Crippen MR) is 90.3 cm³/mol. The van der Waals surface area contributed by atoms with Crippen LogP contribution in [0.1, 0.15) is 22.5 Å². The quantitative estimate of drug-likeness (QED) is 0.761. The Hall–Kier alpha value is -2.18. The van der Waals surface area contributed by atoms with Crippen LogP contribution < -0.4 is 10.6 Å². The summed E-state index contributed by atoms with van der Waals surface area (Å²) in [7, 11) is 1.63. The number of hydrogen-bond donors (Lipinski definition) is 2. The average Bonchev–Trinajstić information content (AvgIpc) is 2.55. The zero-order valence-corrected chi connectivity index (χ0v) is 13.9. The lowest BCUT2D eigenvalue weighted by atomic mass is 10.2. The fraction of sp³-hybridized carbons (Fsp3) is 0.312. The topological polar surface area (TPSA) is 76.1 Å². The Morgan fingerprint density at radius 2 is 2.17 bits per heavy atom. The normalized spacial score (nSPS) is 10.4. The summed E-state index contributed by atoms with van der Waals surface area (Å²) in [6.07, 6.45) is 2.29. The maximum Gasteiger partial charge on any atom is 0.270 e. The first-order valence-electron chi connectivity index (χ1n) is 7.23. The molecular weight excluding hydrogens is 316 g/mol. The van der Waals surface area contributed by atoms with Crippen LogP contribution in [0, 0.1) is 6.92 Å². The van der Waals surface area contributed by atoms with E-state index in [1.165, 1.54) is 0 Å². The van der Waals surface area contributed by atoms with Crippen molar-refractivity contribution in [3.63, 3.8) is 0 Å². The molecule has 1 aromatic carbocycles. The second-order valence-corrected chi connectivity index (χ2v) is 5.39. The third-order valence-electron chi connectivity index (χ3n) is 3.15. The molecule has 0 aliphatic carbocycles. The molecule has 23 heavy (non-hydrogen) atoms. The molecule has 0 aliphatic heterocycles. The predicted octanol–water partition coefficient (Wildman–Crippen LogP) is 2.95. The molecule has 122 valence electrons. The molecule has 0 fully saturated rings. The van der Waals surface area contributed by atoms with Gasteiger partial charge in [-0.15, -0.1) is 0 Å². The van der Waals surface area contributed by atoms with E-state index < -0.39 is 0 Å². The Balaban J connectivity index is 2.04. The standard InChI is InChI=1S/C16H19ClN4O2/c1-11-4-5-12(17)10-14(11)21-16-19-8-6-13(20-16)15(22)18-7-3-9-23-2/h4-6,8,10H,3,7,9H2,1-2H3,(H,18,22)(H,19,20,21). The molecule has 1 amide bonds. The lowest BCUT2D eigenvalue weighted by molar-refractivity contribution is 0.0943. The van der Waals surface area contributed by atoms with Crippen molar-refractivity contribution >= 4 is 29.1 Å². The average molecular weight is 335 g/mol. The number of hydrogen-bond acceptors (Lipinski definition) is 5. The monoisotopic (exact) mass is 334 g/mol. The molecular formula is C16H19ClN4O2. The highest BCUT2D eigenvalue weighted by Crippen LogP contribution is 2.22. The third kappa shape index (κ3) is 5.19. The van der Waals surface area contributed by atoms with E-state index in [1.54, 1.807) is 25.4 Å². The van der Waals surface area contributed by atoms with Crippen LogP contribution in [-0.2, 0) is 4.74 Å². The summed E-state index contributed by atoms with van der Waals surface area (Å²) in [5.74, 6) is 0.106. The van der Waals surface area contributed by atoms with Crippen LogP contribution in [0.5, 0.6) is 0 Å². The first kappa shape index (κ1) is 17.2. The largest absolute Gasteiger partial charge is 0.385 e. The zero-order chi connectivity index (χ0) is 16.7. The summed E-state index contributed by atoms with van der Waals surface area (Å²) < 4.78 is 4.94. The van der Waals surface area contributed by atoms with Crippen LogP contribution in [0.3, 0.4) is 0 Å². The fourth-order valence-electron chi connectivity index (χ4n) is 1.90. The fourth-order valence-corrected chi connectivity index (χ4v) is 2.08. The van der Waals surface area contributed by atoms with Gasteiger partial charge in [0, 0.05) is 37.2 Å². The second kappa shape index (κ2) is 8.45. The second-order valence-electron chi connectivity index (χ2n) is 4.95. The van der Waals surface area contributed by atoms with E-state index in [2.05, 4.69) is 20.6 Å². The number of aromatic nitrogens is 2. The van der Waals surface area contributed by atoms with Crippen molar-refractivity contribution in [1.82, 2.24) is 15.3 Å². The molecule has 2 rings (SSSR count). The molecule has 0 bridgehead atoms. The minimum atomic E-state index is -0.241. The van der Waals surface area contributed by atoms with Crippen LogP contribution in [0.25, 0.3) is 0 Å². The number of ether oxygens (including phenoxy) is 1. The number of nitrogens with zero attached hydrogens (tertiary/aromatic N) is 2. The van der Waals surface area contributed by atoms with Gasteiger partial charge in [0.1, 0.15) is 5.69 Å². The van der Waals surface area contributed by atoms with Gasteiger partial charge in [0.15, 0.2) is 0 Å². The highest BCUT2D eigenvalue weighted by atomic mass is 35.5. The highest BCUT2D eigenvalue weighted by Gasteiger charge is 2.09. The molecule has 1 aromatic heterocycles. The van der Waals surface area contributed by atoms with Crippen molar-refractivity contribution < 1.29 is 9.53 Å². The Morgan fingerprint density at radius 3 is 2.96 bits per heavy atom. The smallest absolute Gasteiger partial charge is 0.270 e. The zero-order valence-electron chi connectivity index (χ0n) is 13.1. The number of aryl methyl sites for hydroxylation is 1. The number of carbonyl (C=O) groups excluding carboxylic acids is 1. The van der Waals surface area contributed by atoms with E-state index in [1.807, 2.05) is 19.1 Å². The van der Waals surface area contributed by atoms with E-state index in [4.69, 9.17) is 16.3 Å². The Bertz CT molecular complexity index is 679. The summed E-state index contributed by atoms with van der Waals surface area (Å²) >= 11 is 5.99. The van der Waals surface area contributed by atoms with Crippen LogP contribution in [-0.4, -0.2) is 36.1 Å². The minimum Gasteiger partial charge on any atom is -0.385 e. The van der Waals surface area contributed by atoms with Gasteiger partial charge in [0.2, 0.25) is 5.95 Å². The Kier molecular flexibility index (Phi) is 6.31. The molecule has 7 heteroatoms. The van der Waals surface area contributed by atoms with Crippen molar-refractivity contribution in [2.75, 3.05) is 25.6 Å². The van der Waals surface area contributed by atoms with Gasteiger partial charge >= 0.3 is 0 Å². The summed E-state index contributed by atoms with van der Waals surface area (Å²) in [4.78, 5) is 20.4. The van der Waals surface area contributed by atoms with Crippen LogP contribution in [0.4, 0.5) is 11.6 Å². The molecule has 2 N–H and O–H groups in total. The summed E-state index contributed by atoms with van der Waals surface area (Å²) in [5, 5.41) is 6.48. The van der Waals surface area contributed by atoms with Gasteiger partial charge in [0.25, 0.3) is 5.91 Å². The van der Waals surface area contributed by atoms with Crippen molar-refractivity contribution in [2.45, 2.75) is 13.3 Å². The Labute approximate surface area is 140 Å². The van der Waals surface area contributed by atoms with E-state index >= 15 is 0 Å². The summed E-state index contributed by atoms with van der Waals surface area (Å²) in [6, 6.07) is 7.07. The molecule has 0 radical (unpaired) electrons. The maximum atomic E-state index is 12.0. The van der Waals surface area contributed by atoms with Crippen LogP contribution in [0.2, 0.25) is 5.02 Å². The number of amides is 1. The number of anilines is 2. The van der Waals surface area contributed by atoms with E-state index in [-0.39, 0.29) is 5.91 Å². The Morgan fingerprint density at radius 1 is 1.35 bits per heavy atom. The van der Waals surface area contributed by atoms with Crippen molar-refractivity contribution in [3.8, 4) is 0 Å². The first-order valence-corrected chi connectivity index (χ1v) is 7.61. The van der Waals surface area contributed by atoms with Crippen molar-refractivity contribution in [2.24, 2.45) is 0 Å². The third-order valence-corrected chi connectivity index (χ3v) is 3.38. The van der Waals surface area contributed by atoms with E-state index in [9.17, 15) is 4.79 Å². The molecule has 0 unspecified atom stereocenters. The first-order chi connectivity index (χ1) is 11.1. The summed E-state index contributed by atoms with van der Waals surface area (Å²) in [5.41, 5.74) is 2.11. The maximum absolute atomic E-state index is 12.0. The minimum absolute atomic E-state index is 0.241. The molecule has 0 spiro atoms. The molecule has 0 aliphatic rings. The van der Waals surface area contributed by atoms with Gasteiger partial charge < -0.3 is 15.4 Å².